The first-order valence-corrected chi connectivity index (χ1v) is 7.45. The van der Waals surface area contributed by atoms with E-state index >= 15 is 0 Å². The molecule has 0 radical (unpaired) electrons. The maximum atomic E-state index is 9.77. The largest absolute Gasteiger partial charge is 0.467 e. The summed E-state index contributed by atoms with van der Waals surface area (Å²) in [5.41, 5.74) is 0. The van der Waals surface area contributed by atoms with E-state index in [-0.39, 0.29) is 0 Å². The standard InChI is InChI=1S/C15H25NO4/c17-13(11-18-12-15-5-3-9-20-15)10-16-7-6-14-4-1-2-8-19-14/h3,5,9,13-14,16-17H,1-2,4,6-8,10-12H2. The minimum absolute atomic E-state index is 0.313. The Morgan fingerprint density at radius 1 is 1.45 bits per heavy atom. The van der Waals surface area contributed by atoms with Crippen molar-refractivity contribution < 1.29 is 19.0 Å². The Morgan fingerprint density at radius 3 is 3.15 bits per heavy atom. The average molecular weight is 283 g/mol. The van der Waals surface area contributed by atoms with Gasteiger partial charge in [-0.2, -0.15) is 0 Å². The number of aliphatic hydroxyl groups excluding tert-OH is 1. The molecule has 1 aromatic heterocycles. The van der Waals surface area contributed by atoms with Crippen LogP contribution in [-0.2, 0) is 16.1 Å². The van der Waals surface area contributed by atoms with E-state index in [1.54, 1.807) is 6.26 Å². The van der Waals surface area contributed by atoms with Crippen molar-refractivity contribution in [3.63, 3.8) is 0 Å². The molecule has 2 unspecified atom stereocenters. The monoisotopic (exact) mass is 283 g/mol. The van der Waals surface area contributed by atoms with Crippen LogP contribution in [0.4, 0.5) is 0 Å². The van der Waals surface area contributed by atoms with Gasteiger partial charge in [0.2, 0.25) is 0 Å². The fourth-order valence-corrected chi connectivity index (χ4v) is 2.32. The van der Waals surface area contributed by atoms with Gasteiger partial charge in [0, 0.05) is 13.2 Å². The molecule has 1 saturated heterocycles. The highest BCUT2D eigenvalue weighted by molar-refractivity contribution is 4.96. The van der Waals surface area contributed by atoms with Crippen LogP contribution in [0.15, 0.2) is 22.8 Å². The molecule has 0 amide bonds. The van der Waals surface area contributed by atoms with Gasteiger partial charge in [-0.05, 0) is 44.4 Å². The third-order valence-corrected chi connectivity index (χ3v) is 3.43. The van der Waals surface area contributed by atoms with Crippen molar-refractivity contribution in [2.24, 2.45) is 0 Å². The van der Waals surface area contributed by atoms with Gasteiger partial charge in [-0.15, -0.1) is 0 Å². The van der Waals surface area contributed by atoms with Crippen molar-refractivity contribution in [1.82, 2.24) is 5.32 Å². The molecule has 1 fully saturated rings. The van der Waals surface area contributed by atoms with E-state index in [0.29, 0.717) is 25.9 Å². The predicted molar refractivity (Wildman–Crippen MR) is 75.4 cm³/mol. The zero-order chi connectivity index (χ0) is 14.0. The fourth-order valence-electron chi connectivity index (χ4n) is 2.32. The van der Waals surface area contributed by atoms with E-state index in [2.05, 4.69) is 5.32 Å². The number of rotatable bonds is 9. The van der Waals surface area contributed by atoms with Crippen LogP contribution in [0.2, 0.25) is 0 Å². The second kappa shape index (κ2) is 9.13. The van der Waals surface area contributed by atoms with Crippen LogP contribution in [-0.4, -0.2) is 43.6 Å². The van der Waals surface area contributed by atoms with E-state index in [1.807, 2.05) is 12.1 Å². The molecule has 0 aromatic carbocycles. The summed E-state index contributed by atoms with van der Waals surface area (Å²) < 4.78 is 16.2. The number of ether oxygens (including phenoxy) is 2. The molecule has 20 heavy (non-hydrogen) atoms. The van der Waals surface area contributed by atoms with Crippen LogP contribution in [0.25, 0.3) is 0 Å². The lowest BCUT2D eigenvalue weighted by molar-refractivity contribution is 0.00820. The molecular formula is C15H25NO4. The van der Waals surface area contributed by atoms with Crippen LogP contribution < -0.4 is 5.32 Å². The van der Waals surface area contributed by atoms with Crippen molar-refractivity contribution >= 4 is 0 Å². The van der Waals surface area contributed by atoms with E-state index in [9.17, 15) is 5.11 Å². The van der Waals surface area contributed by atoms with Gasteiger partial charge in [0.25, 0.3) is 0 Å². The van der Waals surface area contributed by atoms with E-state index in [1.165, 1.54) is 12.8 Å². The first-order chi connectivity index (χ1) is 9.84. The van der Waals surface area contributed by atoms with Gasteiger partial charge in [0.05, 0.1) is 25.1 Å². The molecule has 2 atom stereocenters. The van der Waals surface area contributed by atoms with Crippen LogP contribution in [0, 0.1) is 0 Å². The highest BCUT2D eigenvalue weighted by Gasteiger charge is 2.13. The molecule has 0 spiro atoms. The number of aliphatic hydroxyl groups is 1. The van der Waals surface area contributed by atoms with Crippen molar-refractivity contribution in [3.05, 3.63) is 24.2 Å². The molecule has 0 aliphatic carbocycles. The maximum Gasteiger partial charge on any atom is 0.129 e. The van der Waals surface area contributed by atoms with Crippen molar-refractivity contribution in [3.8, 4) is 0 Å². The summed E-state index contributed by atoms with van der Waals surface area (Å²) in [6, 6.07) is 3.68. The third-order valence-electron chi connectivity index (χ3n) is 3.43. The molecule has 2 N–H and O–H groups in total. The van der Waals surface area contributed by atoms with Crippen LogP contribution in [0.5, 0.6) is 0 Å². The molecule has 1 aliphatic heterocycles. The van der Waals surface area contributed by atoms with E-state index in [4.69, 9.17) is 13.9 Å². The molecule has 0 saturated carbocycles. The Kier molecular flexibility index (Phi) is 7.08. The first-order valence-electron chi connectivity index (χ1n) is 7.45. The van der Waals surface area contributed by atoms with Gasteiger partial charge in [0.15, 0.2) is 0 Å². The molecule has 0 bridgehead atoms. The predicted octanol–water partition coefficient (Wildman–Crippen LogP) is 1.71. The summed E-state index contributed by atoms with van der Waals surface area (Å²) in [5.74, 6) is 0.777. The van der Waals surface area contributed by atoms with Gasteiger partial charge in [-0.1, -0.05) is 0 Å². The summed E-state index contributed by atoms with van der Waals surface area (Å²) in [7, 11) is 0. The first kappa shape index (κ1) is 15.5. The Bertz CT molecular complexity index is 336. The summed E-state index contributed by atoms with van der Waals surface area (Å²) in [6.45, 7) is 3.03. The number of hydrogen-bond donors (Lipinski definition) is 2. The van der Waals surface area contributed by atoms with E-state index < -0.39 is 6.10 Å². The topological polar surface area (TPSA) is 63.9 Å². The molecule has 1 aromatic rings. The Balaban J connectivity index is 1.44. The van der Waals surface area contributed by atoms with Crippen molar-refractivity contribution in [2.45, 2.75) is 44.5 Å². The van der Waals surface area contributed by atoms with Crippen LogP contribution in [0.3, 0.4) is 0 Å². The number of furan rings is 1. The van der Waals surface area contributed by atoms with Crippen molar-refractivity contribution in [1.29, 1.82) is 0 Å². The molecular weight excluding hydrogens is 258 g/mol. The van der Waals surface area contributed by atoms with Gasteiger partial charge in [-0.25, -0.2) is 0 Å². The number of hydrogen-bond acceptors (Lipinski definition) is 5. The SMILES string of the molecule is OC(CNCCC1CCCCO1)COCc1ccco1. The molecule has 1 aliphatic rings. The van der Waals surface area contributed by atoms with Gasteiger partial charge >= 0.3 is 0 Å². The zero-order valence-electron chi connectivity index (χ0n) is 11.9. The maximum absolute atomic E-state index is 9.77. The Hall–Kier alpha value is -0.880. The highest BCUT2D eigenvalue weighted by Crippen LogP contribution is 2.14. The minimum atomic E-state index is -0.489. The summed E-state index contributed by atoms with van der Waals surface area (Å²) in [4.78, 5) is 0. The smallest absolute Gasteiger partial charge is 0.129 e. The quantitative estimate of drug-likeness (QED) is 0.675. The molecule has 2 heterocycles. The summed E-state index contributed by atoms with van der Waals surface area (Å²) in [5, 5.41) is 13.0. The minimum Gasteiger partial charge on any atom is -0.467 e. The lowest BCUT2D eigenvalue weighted by Gasteiger charge is -2.22. The third kappa shape index (κ3) is 6.05. The lowest BCUT2D eigenvalue weighted by Crippen LogP contribution is -2.33. The van der Waals surface area contributed by atoms with Gasteiger partial charge < -0.3 is 24.3 Å². The van der Waals surface area contributed by atoms with Crippen LogP contribution in [0.1, 0.15) is 31.4 Å². The molecule has 2 rings (SSSR count). The van der Waals surface area contributed by atoms with Crippen molar-refractivity contribution in [2.75, 3.05) is 26.3 Å². The fraction of sp³-hybridized carbons (Fsp3) is 0.733. The highest BCUT2D eigenvalue weighted by atomic mass is 16.5. The average Bonchev–Trinajstić information content (AvgIpc) is 2.98. The number of nitrogens with one attached hydrogen (secondary N) is 1. The molecule has 5 heteroatoms. The zero-order valence-corrected chi connectivity index (χ0v) is 11.9. The Labute approximate surface area is 120 Å². The van der Waals surface area contributed by atoms with Gasteiger partial charge in [0.1, 0.15) is 12.4 Å². The second-order valence-corrected chi connectivity index (χ2v) is 5.23. The second-order valence-electron chi connectivity index (χ2n) is 5.23. The van der Waals surface area contributed by atoms with Gasteiger partial charge in [-0.3, -0.25) is 0 Å². The normalized spacial score (nSPS) is 20.9. The molecule has 5 nitrogen and oxygen atoms in total. The van der Waals surface area contributed by atoms with E-state index in [0.717, 1.165) is 31.8 Å². The lowest BCUT2D eigenvalue weighted by atomic mass is 10.1. The van der Waals surface area contributed by atoms with Crippen LogP contribution >= 0.6 is 0 Å². The summed E-state index contributed by atoms with van der Waals surface area (Å²) in [6.07, 6.45) is 6.16. The molecule has 114 valence electrons. The summed E-state index contributed by atoms with van der Waals surface area (Å²) >= 11 is 0. The Morgan fingerprint density at radius 2 is 2.40 bits per heavy atom.